The summed E-state index contributed by atoms with van der Waals surface area (Å²) in [5, 5.41) is 9.21. The summed E-state index contributed by atoms with van der Waals surface area (Å²) in [5.41, 5.74) is 2.31. The third kappa shape index (κ3) is 3.55. The van der Waals surface area contributed by atoms with E-state index in [4.69, 9.17) is 0 Å². The number of hydrogen-bond acceptors (Lipinski definition) is 3. The van der Waals surface area contributed by atoms with Crippen molar-refractivity contribution in [1.29, 1.82) is 0 Å². The Labute approximate surface area is 134 Å². The minimum atomic E-state index is -0.957. The van der Waals surface area contributed by atoms with Crippen molar-refractivity contribution in [2.75, 3.05) is 4.90 Å². The van der Waals surface area contributed by atoms with Gasteiger partial charge in [0, 0.05) is 18.4 Å². The van der Waals surface area contributed by atoms with Crippen LogP contribution in [-0.2, 0) is 6.54 Å². The maximum Gasteiger partial charge on any atom is 0.335 e. The molecule has 0 atom stereocenters. The summed E-state index contributed by atoms with van der Waals surface area (Å²) in [6.45, 7) is 0.612. The number of carboxylic acid groups (broad SMARTS) is 1. The molecule has 0 aliphatic rings. The molecule has 1 aromatic heterocycles. The Kier molecular flexibility index (Phi) is 4.34. The van der Waals surface area contributed by atoms with Gasteiger partial charge in [-0.05, 0) is 29.8 Å². The first-order valence-electron chi connectivity index (χ1n) is 7.30. The Balaban J connectivity index is 2.01. The van der Waals surface area contributed by atoms with Crippen molar-refractivity contribution in [3.63, 3.8) is 0 Å². The van der Waals surface area contributed by atoms with E-state index in [9.17, 15) is 9.90 Å². The van der Waals surface area contributed by atoms with Crippen LogP contribution >= 0.6 is 0 Å². The molecular formula is C19H16N2O2. The standard InChI is InChI=1S/C19H16N2O2/c22-19(23)16-11-12-20-18(13-16)21(17-9-5-2-6-10-17)14-15-7-3-1-4-8-15/h1-13H,14H2,(H,22,23). The number of carbonyl (C=O) groups is 1. The van der Waals surface area contributed by atoms with E-state index in [1.165, 1.54) is 12.3 Å². The fraction of sp³-hybridized carbons (Fsp3) is 0.0526. The fourth-order valence-electron chi connectivity index (χ4n) is 2.38. The smallest absolute Gasteiger partial charge is 0.335 e. The molecule has 4 nitrogen and oxygen atoms in total. The zero-order valence-electron chi connectivity index (χ0n) is 12.5. The van der Waals surface area contributed by atoms with Gasteiger partial charge in [-0.3, -0.25) is 0 Å². The molecule has 114 valence electrons. The molecule has 23 heavy (non-hydrogen) atoms. The van der Waals surface area contributed by atoms with Crippen LogP contribution < -0.4 is 4.90 Å². The molecule has 1 heterocycles. The van der Waals surface area contributed by atoms with Crippen molar-refractivity contribution < 1.29 is 9.90 Å². The second kappa shape index (κ2) is 6.75. The molecular weight excluding hydrogens is 288 g/mol. The highest BCUT2D eigenvalue weighted by atomic mass is 16.4. The summed E-state index contributed by atoms with van der Waals surface area (Å²) in [6, 6.07) is 22.9. The number of pyridine rings is 1. The van der Waals surface area contributed by atoms with Crippen LogP contribution in [0.5, 0.6) is 0 Å². The van der Waals surface area contributed by atoms with Gasteiger partial charge in [-0.25, -0.2) is 9.78 Å². The molecule has 0 aliphatic heterocycles. The average Bonchev–Trinajstić information content (AvgIpc) is 2.61. The van der Waals surface area contributed by atoms with Crippen LogP contribution in [0.15, 0.2) is 79.0 Å². The Morgan fingerprint density at radius 2 is 1.61 bits per heavy atom. The van der Waals surface area contributed by atoms with Crippen LogP contribution in [0.2, 0.25) is 0 Å². The number of hydrogen-bond donors (Lipinski definition) is 1. The van der Waals surface area contributed by atoms with E-state index in [0.717, 1.165) is 11.3 Å². The second-order valence-corrected chi connectivity index (χ2v) is 5.12. The van der Waals surface area contributed by atoms with Crippen LogP contribution in [0.4, 0.5) is 11.5 Å². The summed E-state index contributed by atoms with van der Waals surface area (Å²) >= 11 is 0. The molecule has 0 radical (unpaired) electrons. The monoisotopic (exact) mass is 304 g/mol. The largest absolute Gasteiger partial charge is 0.478 e. The molecule has 3 rings (SSSR count). The lowest BCUT2D eigenvalue weighted by Gasteiger charge is -2.24. The number of rotatable bonds is 5. The number of aromatic carboxylic acids is 1. The van der Waals surface area contributed by atoms with Crippen molar-refractivity contribution in [1.82, 2.24) is 4.98 Å². The van der Waals surface area contributed by atoms with Crippen LogP contribution in [-0.4, -0.2) is 16.1 Å². The summed E-state index contributed by atoms with van der Waals surface area (Å²) < 4.78 is 0. The van der Waals surface area contributed by atoms with Gasteiger partial charge in [0.2, 0.25) is 0 Å². The van der Waals surface area contributed by atoms with Crippen molar-refractivity contribution in [2.45, 2.75) is 6.54 Å². The lowest BCUT2D eigenvalue weighted by Crippen LogP contribution is -2.18. The number of carboxylic acids is 1. The van der Waals surface area contributed by atoms with Gasteiger partial charge in [-0.15, -0.1) is 0 Å². The Bertz CT molecular complexity index is 789. The van der Waals surface area contributed by atoms with Gasteiger partial charge in [0.15, 0.2) is 0 Å². The number of nitrogens with zero attached hydrogens (tertiary/aromatic N) is 2. The maximum absolute atomic E-state index is 11.2. The number of aromatic nitrogens is 1. The highest BCUT2D eigenvalue weighted by molar-refractivity contribution is 5.88. The van der Waals surface area contributed by atoms with Gasteiger partial charge in [0.1, 0.15) is 5.82 Å². The van der Waals surface area contributed by atoms with Gasteiger partial charge in [0.25, 0.3) is 0 Å². The van der Waals surface area contributed by atoms with Crippen molar-refractivity contribution in [3.8, 4) is 0 Å². The van der Waals surface area contributed by atoms with E-state index in [2.05, 4.69) is 4.98 Å². The SMILES string of the molecule is O=C(O)c1ccnc(N(Cc2ccccc2)c2ccccc2)c1. The van der Waals surface area contributed by atoms with E-state index < -0.39 is 5.97 Å². The molecule has 0 spiro atoms. The van der Waals surface area contributed by atoms with E-state index in [-0.39, 0.29) is 5.56 Å². The number of para-hydroxylation sites is 1. The molecule has 0 saturated carbocycles. The quantitative estimate of drug-likeness (QED) is 0.770. The van der Waals surface area contributed by atoms with E-state index in [0.29, 0.717) is 12.4 Å². The molecule has 0 unspecified atom stereocenters. The van der Waals surface area contributed by atoms with Crippen LogP contribution in [0, 0.1) is 0 Å². The fourth-order valence-corrected chi connectivity index (χ4v) is 2.38. The third-order valence-electron chi connectivity index (χ3n) is 3.52. The van der Waals surface area contributed by atoms with E-state index in [1.54, 1.807) is 6.07 Å². The maximum atomic E-state index is 11.2. The predicted molar refractivity (Wildman–Crippen MR) is 89.9 cm³/mol. The predicted octanol–water partition coefficient (Wildman–Crippen LogP) is 4.12. The van der Waals surface area contributed by atoms with Gasteiger partial charge in [0.05, 0.1) is 5.56 Å². The van der Waals surface area contributed by atoms with Gasteiger partial charge in [-0.2, -0.15) is 0 Å². The lowest BCUT2D eigenvalue weighted by molar-refractivity contribution is 0.0697. The number of anilines is 2. The highest BCUT2D eigenvalue weighted by Gasteiger charge is 2.13. The topological polar surface area (TPSA) is 53.4 Å². The molecule has 4 heteroatoms. The van der Waals surface area contributed by atoms with Crippen molar-refractivity contribution in [3.05, 3.63) is 90.1 Å². The molecule has 0 amide bonds. The zero-order valence-corrected chi connectivity index (χ0v) is 12.5. The molecule has 0 saturated heterocycles. The van der Waals surface area contributed by atoms with Gasteiger partial charge >= 0.3 is 5.97 Å². The van der Waals surface area contributed by atoms with Crippen molar-refractivity contribution >= 4 is 17.5 Å². The summed E-state index contributed by atoms with van der Waals surface area (Å²) in [4.78, 5) is 17.6. The molecule has 0 fully saturated rings. The summed E-state index contributed by atoms with van der Waals surface area (Å²) in [5.74, 6) is -0.346. The van der Waals surface area contributed by atoms with Crippen LogP contribution in [0.1, 0.15) is 15.9 Å². The van der Waals surface area contributed by atoms with Crippen LogP contribution in [0.3, 0.4) is 0 Å². The van der Waals surface area contributed by atoms with Gasteiger partial charge < -0.3 is 10.0 Å². The molecule has 0 bridgehead atoms. The first kappa shape index (κ1) is 14.8. The third-order valence-corrected chi connectivity index (χ3v) is 3.52. The normalized spacial score (nSPS) is 10.3. The van der Waals surface area contributed by atoms with Gasteiger partial charge in [-0.1, -0.05) is 48.5 Å². The van der Waals surface area contributed by atoms with E-state index >= 15 is 0 Å². The highest BCUT2D eigenvalue weighted by Crippen LogP contribution is 2.26. The molecule has 0 aliphatic carbocycles. The average molecular weight is 304 g/mol. The molecule has 1 N–H and O–H groups in total. The first-order valence-corrected chi connectivity index (χ1v) is 7.30. The van der Waals surface area contributed by atoms with E-state index in [1.807, 2.05) is 65.6 Å². The van der Waals surface area contributed by atoms with Crippen LogP contribution in [0.25, 0.3) is 0 Å². The zero-order chi connectivity index (χ0) is 16.1. The Hall–Kier alpha value is -3.14. The molecule has 2 aromatic carbocycles. The minimum Gasteiger partial charge on any atom is -0.478 e. The summed E-state index contributed by atoms with van der Waals surface area (Å²) in [7, 11) is 0. The minimum absolute atomic E-state index is 0.226. The Morgan fingerprint density at radius 3 is 2.26 bits per heavy atom. The van der Waals surface area contributed by atoms with Crippen molar-refractivity contribution in [2.24, 2.45) is 0 Å². The molecule has 3 aromatic rings. The number of benzene rings is 2. The lowest BCUT2D eigenvalue weighted by atomic mass is 10.2. The Morgan fingerprint density at radius 1 is 0.957 bits per heavy atom. The second-order valence-electron chi connectivity index (χ2n) is 5.12. The summed E-state index contributed by atoms with van der Waals surface area (Å²) in [6.07, 6.45) is 1.53. The first-order chi connectivity index (χ1) is 11.2.